The molecule has 0 saturated carbocycles. The normalized spacial score (nSPS) is 11.0. The van der Waals surface area contributed by atoms with E-state index in [1.54, 1.807) is 0 Å². The quantitative estimate of drug-likeness (QED) is 0.442. The molecule has 0 N–H and O–H groups in total. The summed E-state index contributed by atoms with van der Waals surface area (Å²) in [6.07, 6.45) is 0. The van der Waals surface area contributed by atoms with E-state index < -0.39 is 0 Å². The molecule has 0 heterocycles. The molecule has 0 nitrogen and oxygen atoms in total. The van der Waals surface area contributed by atoms with Crippen LogP contribution in [0.4, 0.5) is 0 Å². The van der Waals surface area contributed by atoms with Crippen LogP contribution in [0.15, 0.2) is 36.1 Å². The fourth-order valence-electron chi connectivity index (χ4n) is 1.52. The fraction of sp³-hybridized carbons (Fsp3) is 0.0909. The molecule has 0 bridgehead atoms. The van der Waals surface area contributed by atoms with Crippen molar-refractivity contribution in [1.82, 2.24) is 0 Å². The standard InChI is InChI=1S/C11H6Br4/c1-5-4-8(14)9-6(12)2-3-7(13)10(9)11(5)15/h2-4H,1H3. The molecule has 2 aromatic rings. The number of rotatable bonds is 0. The van der Waals surface area contributed by atoms with Crippen molar-refractivity contribution in [3.8, 4) is 0 Å². The smallest absolute Gasteiger partial charge is 0.0295 e. The van der Waals surface area contributed by atoms with Crippen LogP contribution in [0.1, 0.15) is 5.56 Å². The number of hydrogen-bond acceptors (Lipinski definition) is 0. The van der Waals surface area contributed by atoms with Gasteiger partial charge in [0.15, 0.2) is 0 Å². The Balaban J connectivity index is 3.08. The zero-order valence-electron chi connectivity index (χ0n) is 7.74. The Morgan fingerprint density at radius 3 is 1.93 bits per heavy atom. The van der Waals surface area contributed by atoms with Crippen molar-refractivity contribution in [2.24, 2.45) is 0 Å². The highest BCUT2D eigenvalue weighted by Gasteiger charge is 2.11. The SMILES string of the molecule is Cc1cc(Br)c2c(Br)ccc(Br)c2c1Br. The summed E-state index contributed by atoms with van der Waals surface area (Å²) in [4.78, 5) is 0. The fourth-order valence-corrected chi connectivity index (χ4v) is 4.41. The Morgan fingerprint density at radius 2 is 1.33 bits per heavy atom. The van der Waals surface area contributed by atoms with Crippen molar-refractivity contribution < 1.29 is 0 Å². The highest BCUT2D eigenvalue weighted by Crippen LogP contribution is 2.41. The first-order chi connectivity index (χ1) is 7.02. The largest absolute Gasteiger partial charge is 0.0501 e. The van der Waals surface area contributed by atoms with Crippen molar-refractivity contribution in [1.29, 1.82) is 0 Å². The average molecular weight is 458 g/mol. The zero-order chi connectivity index (χ0) is 11.2. The minimum Gasteiger partial charge on any atom is -0.0501 e. The van der Waals surface area contributed by atoms with Crippen LogP contribution in [0.5, 0.6) is 0 Å². The molecule has 0 aromatic heterocycles. The molecule has 2 aromatic carbocycles. The second-order valence-corrected chi connectivity index (χ2v) is 6.62. The molecule has 0 aliphatic rings. The molecule has 15 heavy (non-hydrogen) atoms. The Kier molecular flexibility index (Phi) is 3.61. The van der Waals surface area contributed by atoms with Gasteiger partial charge in [0, 0.05) is 28.7 Å². The average Bonchev–Trinajstić information content (AvgIpc) is 2.18. The summed E-state index contributed by atoms with van der Waals surface area (Å²) in [5, 5.41) is 2.37. The van der Waals surface area contributed by atoms with Gasteiger partial charge in [0.2, 0.25) is 0 Å². The van der Waals surface area contributed by atoms with Crippen LogP contribution in [0.3, 0.4) is 0 Å². The van der Waals surface area contributed by atoms with Gasteiger partial charge >= 0.3 is 0 Å². The molecule has 78 valence electrons. The lowest BCUT2D eigenvalue weighted by atomic mass is 10.1. The van der Waals surface area contributed by atoms with Crippen molar-refractivity contribution in [3.63, 3.8) is 0 Å². The summed E-state index contributed by atoms with van der Waals surface area (Å²) in [6, 6.07) is 6.20. The zero-order valence-corrected chi connectivity index (χ0v) is 14.1. The maximum absolute atomic E-state index is 3.63. The lowest BCUT2D eigenvalue weighted by Crippen LogP contribution is -1.85. The van der Waals surface area contributed by atoms with Gasteiger partial charge in [-0.2, -0.15) is 0 Å². The first kappa shape index (κ1) is 12.1. The van der Waals surface area contributed by atoms with E-state index in [9.17, 15) is 0 Å². The van der Waals surface area contributed by atoms with Crippen LogP contribution >= 0.6 is 63.7 Å². The van der Waals surface area contributed by atoms with Crippen LogP contribution in [0.25, 0.3) is 10.8 Å². The van der Waals surface area contributed by atoms with Crippen LogP contribution in [0, 0.1) is 6.92 Å². The summed E-state index contributed by atoms with van der Waals surface area (Å²) in [6.45, 7) is 2.08. The Labute approximate surface area is 122 Å². The van der Waals surface area contributed by atoms with Crippen LogP contribution in [0.2, 0.25) is 0 Å². The van der Waals surface area contributed by atoms with Crippen molar-refractivity contribution >= 4 is 74.5 Å². The Morgan fingerprint density at radius 1 is 0.800 bits per heavy atom. The number of hydrogen-bond donors (Lipinski definition) is 0. The summed E-state index contributed by atoms with van der Waals surface area (Å²) in [7, 11) is 0. The van der Waals surface area contributed by atoms with Gasteiger partial charge in [0.25, 0.3) is 0 Å². The molecular weight excluding hydrogens is 452 g/mol. The second kappa shape index (κ2) is 4.47. The Hall–Kier alpha value is 0.620. The minimum atomic E-state index is 1.09. The highest BCUT2D eigenvalue weighted by molar-refractivity contribution is 9.11. The predicted octanol–water partition coefficient (Wildman–Crippen LogP) is 6.20. The van der Waals surface area contributed by atoms with Crippen LogP contribution < -0.4 is 0 Å². The van der Waals surface area contributed by atoms with E-state index in [2.05, 4.69) is 76.7 Å². The van der Waals surface area contributed by atoms with Crippen molar-refractivity contribution in [2.75, 3.05) is 0 Å². The van der Waals surface area contributed by atoms with E-state index in [0.29, 0.717) is 0 Å². The lowest BCUT2D eigenvalue weighted by molar-refractivity contribution is 1.44. The van der Waals surface area contributed by atoms with Gasteiger partial charge in [-0.3, -0.25) is 0 Å². The molecule has 0 amide bonds. The maximum Gasteiger partial charge on any atom is 0.0295 e. The monoisotopic (exact) mass is 454 g/mol. The molecule has 0 unspecified atom stereocenters. The summed E-state index contributed by atoms with van der Waals surface area (Å²) in [5.74, 6) is 0. The first-order valence-corrected chi connectivity index (χ1v) is 7.42. The molecule has 4 heteroatoms. The van der Waals surface area contributed by atoms with Crippen molar-refractivity contribution in [3.05, 3.63) is 41.7 Å². The molecule has 0 fully saturated rings. The molecule has 0 aliphatic carbocycles. The molecule has 2 rings (SSSR count). The van der Waals surface area contributed by atoms with Gasteiger partial charge in [0.05, 0.1) is 0 Å². The predicted molar refractivity (Wildman–Crippen MR) is 79.5 cm³/mol. The number of aryl methyl sites for hydroxylation is 1. The van der Waals surface area contributed by atoms with Gasteiger partial charge < -0.3 is 0 Å². The highest BCUT2D eigenvalue weighted by atomic mass is 79.9. The maximum atomic E-state index is 3.63. The summed E-state index contributed by atoms with van der Waals surface area (Å²) in [5.41, 5.74) is 1.22. The molecule has 0 spiro atoms. The van der Waals surface area contributed by atoms with E-state index in [1.165, 1.54) is 16.3 Å². The van der Waals surface area contributed by atoms with Gasteiger partial charge in [-0.05, 0) is 46.6 Å². The minimum absolute atomic E-state index is 1.09. The van der Waals surface area contributed by atoms with Crippen molar-refractivity contribution in [2.45, 2.75) is 6.92 Å². The molecule has 0 saturated heterocycles. The molecule has 0 radical (unpaired) electrons. The third-order valence-corrected chi connectivity index (χ3v) is 5.22. The molecule has 0 atom stereocenters. The second-order valence-electron chi connectivity index (χ2n) is 3.27. The van der Waals surface area contributed by atoms with Crippen LogP contribution in [-0.2, 0) is 0 Å². The van der Waals surface area contributed by atoms with E-state index in [-0.39, 0.29) is 0 Å². The number of benzene rings is 2. The lowest BCUT2D eigenvalue weighted by Gasteiger charge is -2.10. The number of halogens is 4. The van der Waals surface area contributed by atoms with E-state index in [1.807, 2.05) is 12.1 Å². The third-order valence-electron chi connectivity index (χ3n) is 2.25. The molecular formula is C11H6Br4. The van der Waals surface area contributed by atoms with E-state index >= 15 is 0 Å². The molecule has 0 aliphatic heterocycles. The third kappa shape index (κ3) is 2.06. The Bertz CT molecular complexity index is 546. The van der Waals surface area contributed by atoms with Crippen LogP contribution in [-0.4, -0.2) is 0 Å². The topological polar surface area (TPSA) is 0 Å². The summed E-state index contributed by atoms with van der Waals surface area (Å²) >= 11 is 14.4. The first-order valence-electron chi connectivity index (χ1n) is 4.24. The van der Waals surface area contributed by atoms with E-state index in [0.717, 1.165) is 17.9 Å². The van der Waals surface area contributed by atoms with Gasteiger partial charge in [-0.25, -0.2) is 0 Å². The number of fused-ring (bicyclic) bond motifs is 1. The van der Waals surface area contributed by atoms with Gasteiger partial charge in [-0.15, -0.1) is 0 Å². The summed E-state index contributed by atoms with van der Waals surface area (Å²) < 4.78 is 4.42. The van der Waals surface area contributed by atoms with Gasteiger partial charge in [-0.1, -0.05) is 47.8 Å². The van der Waals surface area contributed by atoms with E-state index in [4.69, 9.17) is 0 Å². The van der Waals surface area contributed by atoms with Gasteiger partial charge in [0.1, 0.15) is 0 Å².